The number of rotatable bonds is 7. The van der Waals surface area contributed by atoms with E-state index in [1.54, 1.807) is 0 Å². The normalized spacial score (nSPS) is 15.4. The maximum Gasteiger partial charge on any atom is 0.0565 e. The van der Waals surface area contributed by atoms with Crippen molar-refractivity contribution in [2.24, 2.45) is 11.8 Å². The van der Waals surface area contributed by atoms with Gasteiger partial charge in [-0.2, -0.15) is 0 Å². The molecule has 100 valence electrons. The molecule has 3 N–H and O–H groups in total. The lowest BCUT2D eigenvalue weighted by atomic mass is 10.1. The molecule has 0 atom stereocenters. The largest absolute Gasteiger partial charge is 0.324 e. The molecule has 2 rings (SSSR count). The van der Waals surface area contributed by atoms with Crippen LogP contribution in [0.15, 0.2) is 18.3 Å². The first kappa shape index (κ1) is 13.3. The summed E-state index contributed by atoms with van der Waals surface area (Å²) in [5, 5.41) is 0. The van der Waals surface area contributed by atoms with Gasteiger partial charge in [0.1, 0.15) is 0 Å². The molecule has 0 aliphatic heterocycles. The maximum absolute atomic E-state index is 5.43. The topological polar surface area (TPSA) is 54.2 Å². The Hall–Kier alpha value is -1.13. The highest BCUT2D eigenvalue weighted by atomic mass is 15.2. The standard InChI is InChI=1S/C14H24N4/c1-11(2)6-8-18(14-3-4-14)10-13-9-12(17-15)5-7-16-13/h5,7,9,11,14H,3-4,6,8,10,15H2,1-2H3,(H,16,17). The first-order valence-electron chi connectivity index (χ1n) is 6.84. The molecule has 1 aromatic rings. The van der Waals surface area contributed by atoms with Crippen molar-refractivity contribution in [2.75, 3.05) is 12.0 Å². The summed E-state index contributed by atoms with van der Waals surface area (Å²) in [4.78, 5) is 6.99. The van der Waals surface area contributed by atoms with Crippen LogP contribution in [-0.4, -0.2) is 22.5 Å². The number of nitrogens with one attached hydrogen (secondary N) is 1. The second kappa shape index (κ2) is 6.16. The molecule has 1 fully saturated rings. The summed E-state index contributed by atoms with van der Waals surface area (Å²) >= 11 is 0. The minimum atomic E-state index is 0.760. The summed E-state index contributed by atoms with van der Waals surface area (Å²) in [6.45, 7) is 6.67. The molecule has 0 radical (unpaired) electrons. The van der Waals surface area contributed by atoms with Gasteiger partial charge < -0.3 is 5.43 Å². The molecule has 1 aliphatic rings. The average Bonchev–Trinajstić information content (AvgIpc) is 3.18. The predicted octanol–water partition coefficient (Wildman–Crippen LogP) is 2.38. The highest BCUT2D eigenvalue weighted by Gasteiger charge is 2.28. The number of anilines is 1. The molecule has 1 heterocycles. The lowest BCUT2D eigenvalue weighted by Crippen LogP contribution is -2.28. The van der Waals surface area contributed by atoms with E-state index in [-0.39, 0.29) is 0 Å². The third-order valence-corrected chi connectivity index (χ3v) is 3.41. The molecule has 4 heteroatoms. The van der Waals surface area contributed by atoms with E-state index in [4.69, 9.17) is 5.84 Å². The number of hydrazine groups is 1. The highest BCUT2D eigenvalue weighted by Crippen LogP contribution is 2.28. The molecular weight excluding hydrogens is 224 g/mol. The minimum Gasteiger partial charge on any atom is -0.324 e. The number of pyridine rings is 1. The molecule has 0 amide bonds. The van der Waals surface area contributed by atoms with E-state index >= 15 is 0 Å². The van der Waals surface area contributed by atoms with Crippen molar-refractivity contribution in [1.82, 2.24) is 9.88 Å². The van der Waals surface area contributed by atoms with Gasteiger partial charge in [-0.25, -0.2) is 0 Å². The number of hydrogen-bond acceptors (Lipinski definition) is 4. The zero-order valence-corrected chi connectivity index (χ0v) is 11.4. The van der Waals surface area contributed by atoms with Gasteiger partial charge in [-0.15, -0.1) is 0 Å². The lowest BCUT2D eigenvalue weighted by Gasteiger charge is -2.22. The fraction of sp³-hybridized carbons (Fsp3) is 0.643. The van der Waals surface area contributed by atoms with Crippen molar-refractivity contribution < 1.29 is 0 Å². The van der Waals surface area contributed by atoms with Crippen LogP contribution in [0.5, 0.6) is 0 Å². The van der Waals surface area contributed by atoms with E-state index in [0.717, 1.165) is 29.9 Å². The van der Waals surface area contributed by atoms with Gasteiger partial charge in [-0.3, -0.25) is 15.7 Å². The van der Waals surface area contributed by atoms with Crippen LogP contribution in [0.1, 0.15) is 38.8 Å². The van der Waals surface area contributed by atoms with E-state index in [2.05, 4.69) is 29.2 Å². The fourth-order valence-corrected chi connectivity index (χ4v) is 2.12. The number of hydrogen-bond donors (Lipinski definition) is 2. The van der Waals surface area contributed by atoms with Crippen LogP contribution >= 0.6 is 0 Å². The summed E-state index contributed by atoms with van der Waals surface area (Å²) < 4.78 is 0. The third-order valence-electron chi connectivity index (χ3n) is 3.41. The maximum atomic E-state index is 5.43. The molecule has 4 nitrogen and oxygen atoms in total. The molecule has 18 heavy (non-hydrogen) atoms. The number of aromatic nitrogens is 1. The number of nitrogens with two attached hydrogens (primary N) is 1. The predicted molar refractivity (Wildman–Crippen MR) is 74.9 cm³/mol. The van der Waals surface area contributed by atoms with Crippen LogP contribution in [0.4, 0.5) is 5.69 Å². The third kappa shape index (κ3) is 3.96. The lowest BCUT2D eigenvalue weighted by molar-refractivity contribution is 0.237. The molecule has 0 unspecified atom stereocenters. The second-order valence-corrected chi connectivity index (χ2v) is 5.56. The van der Waals surface area contributed by atoms with E-state index in [9.17, 15) is 0 Å². The second-order valence-electron chi connectivity index (χ2n) is 5.56. The van der Waals surface area contributed by atoms with Gasteiger partial charge in [0.15, 0.2) is 0 Å². The molecule has 0 bridgehead atoms. The molecule has 0 aromatic carbocycles. The smallest absolute Gasteiger partial charge is 0.0565 e. The van der Waals surface area contributed by atoms with Crippen LogP contribution < -0.4 is 11.3 Å². The van der Waals surface area contributed by atoms with Gasteiger partial charge in [0.05, 0.1) is 11.4 Å². The number of nitrogen functional groups attached to an aromatic ring is 1. The van der Waals surface area contributed by atoms with Crippen LogP contribution in [0, 0.1) is 5.92 Å². The molecule has 1 saturated carbocycles. The van der Waals surface area contributed by atoms with Crippen LogP contribution in [0.25, 0.3) is 0 Å². The summed E-state index contributed by atoms with van der Waals surface area (Å²) in [6.07, 6.45) is 5.75. The van der Waals surface area contributed by atoms with E-state index in [0.29, 0.717) is 0 Å². The first-order chi connectivity index (χ1) is 8.69. The van der Waals surface area contributed by atoms with Crippen molar-refractivity contribution in [3.8, 4) is 0 Å². The van der Waals surface area contributed by atoms with Gasteiger partial charge in [-0.1, -0.05) is 13.8 Å². The first-order valence-corrected chi connectivity index (χ1v) is 6.84. The Labute approximate surface area is 110 Å². The fourth-order valence-electron chi connectivity index (χ4n) is 2.12. The Morgan fingerprint density at radius 2 is 2.28 bits per heavy atom. The molecule has 1 aliphatic carbocycles. The quantitative estimate of drug-likeness (QED) is 0.574. The van der Waals surface area contributed by atoms with Crippen molar-refractivity contribution >= 4 is 5.69 Å². The summed E-state index contributed by atoms with van der Waals surface area (Å²) in [6, 6.07) is 4.70. The van der Waals surface area contributed by atoms with E-state index in [1.807, 2.05) is 18.3 Å². The molecular formula is C14H24N4. The van der Waals surface area contributed by atoms with Crippen LogP contribution in [-0.2, 0) is 6.54 Å². The van der Waals surface area contributed by atoms with E-state index < -0.39 is 0 Å². The van der Waals surface area contributed by atoms with Gasteiger partial charge in [-0.05, 0) is 43.9 Å². The zero-order chi connectivity index (χ0) is 13.0. The average molecular weight is 248 g/mol. The molecule has 1 aromatic heterocycles. The Balaban J connectivity index is 1.94. The summed E-state index contributed by atoms with van der Waals surface area (Å²) in [7, 11) is 0. The van der Waals surface area contributed by atoms with Gasteiger partial charge in [0.25, 0.3) is 0 Å². The Morgan fingerprint density at radius 3 is 2.89 bits per heavy atom. The van der Waals surface area contributed by atoms with Crippen molar-refractivity contribution in [1.29, 1.82) is 0 Å². The Morgan fingerprint density at radius 1 is 1.50 bits per heavy atom. The SMILES string of the molecule is CC(C)CCN(Cc1cc(NN)ccn1)C1CC1. The van der Waals surface area contributed by atoms with Gasteiger partial charge in [0.2, 0.25) is 0 Å². The van der Waals surface area contributed by atoms with Gasteiger partial charge in [0, 0.05) is 18.8 Å². The Kier molecular flexibility index (Phi) is 4.55. The summed E-state index contributed by atoms with van der Waals surface area (Å²) in [5.41, 5.74) is 4.71. The minimum absolute atomic E-state index is 0.760. The summed E-state index contributed by atoms with van der Waals surface area (Å²) in [5.74, 6) is 6.19. The molecule has 0 spiro atoms. The van der Waals surface area contributed by atoms with Crippen molar-refractivity contribution in [3.63, 3.8) is 0 Å². The molecule has 0 saturated heterocycles. The van der Waals surface area contributed by atoms with Crippen molar-refractivity contribution in [2.45, 2.75) is 45.7 Å². The Bertz CT molecular complexity index is 374. The monoisotopic (exact) mass is 248 g/mol. The van der Waals surface area contributed by atoms with Crippen LogP contribution in [0.3, 0.4) is 0 Å². The van der Waals surface area contributed by atoms with Crippen LogP contribution in [0.2, 0.25) is 0 Å². The van der Waals surface area contributed by atoms with E-state index in [1.165, 1.54) is 25.8 Å². The number of nitrogens with zero attached hydrogens (tertiary/aromatic N) is 2. The zero-order valence-electron chi connectivity index (χ0n) is 11.4. The van der Waals surface area contributed by atoms with Crippen molar-refractivity contribution in [3.05, 3.63) is 24.0 Å². The highest BCUT2D eigenvalue weighted by molar-refractivity contribution is 5.41. The van der Waals surface area contributed by atoms with Gasteiger partial charge >= 0.3 is 0 Å².